The first-order valence-corrected chi connectivity index (χ1v) is 10.0. The Balaban J connectivity index is 2.21. The highest BCUT2D eigenvalue weighted by Gasteiger charge is 2.23. The van der Waals surface area contributed by atoms with Gasteiger partial charge in [0.1, 0.15) is 6.54 Å². The summed E-state index contributed by atoms with van der Waals surface area (Å²) in [5, 5.41) is 0. The van der Waals surface area contributed by atoms with E-state index >= 15 is 0 Å². The number of benzene rings is 2. The number of hydrogen-bond acceptors (Lipinski definition) is 3. The number of carbonyl (C=O) groups is 1. The minimum Gasteiger partial charge on any atom is -0.337 e. The van der Waals surface area contributed by atoms with Gasteiger partial charge in [0.25, 0.3) is 0 Å². The zero-order valence-electron chi connectivity index (χ0n) is 14.8. The molecule has 0 atom stereocenters. The van der Waals surface area contributed by atoms with Gasteiger partial charge in [0, 0.05) is 13.1 Å². The molecule has 6 heteroatoms. The fraction of sp³-hybridized carbons (Fsp3) is 0.316. The summed E-state index contributed by atoms with van der Waals surface area (Å²) in [6.07, 6.45) is 1.12. The molecule has 134 valence electrons. The zero-order chi connectivity index (χ0) is 18.4. The summed E-state index contributed by atoms with van der Waals surface area (Å²) in [6, 6.07) is 16.8. The highest BCUT2D eigenvalue weighted by Crippen LogP contribution is 2.19. The summed E-state index contributed by atoms with van der Waals surface area (Å²) in [4.78, 5) is 14.4. The van der Waals surface area contributed by atoms with Gasteiger partial charge in [-0.05, 0) is 37.1 Å². The molecule has 25 heavy (non-hydrogen) atoms. The van der Waals surface area contributed by atoms with Crippen molar-refractivity contribution in [1.82, 2.24) is 4.90 Å². The van der Waals surface area contributed by atoms with E-state index in [-0.39, 0.29) is 12.5 Å². The van der Waals surface area contributed by atoms with Crippen molar-refractivity contribution in [3.8, 4) is 0 Å². The third-order valence-corrected chi connectivity index (χ3v) is 5.06. The van der Waals surface area contributed by atoms with Crippen molar-refractivity contribution in [1.29, 1.82) is 0 Å². The summed E-state index contributed by atoms with van der Waals surface area (Å²) in [7, 11) is -3.56. The predicted molar refractivity (Wildman–Crippen MR) is 101 cm³/mol. The van der Waals surface area contributed by atoms with Gasteiger partial charge in [0.15, 0.2) is 0 Å². The van der Waals surface area contributed by atoms with Crippen LogP contribution in [0.3, 0.4) is 0 Å². The Morgan fingerprint density at radius 2 is 1.72 bits per heavy atom. The van der Waals surface area contributed by atoms with Crippen LogP contribution in [0.5, 0.6) is 0 Å². The van der Waals surface area contributed by atoms with E-state index < -0.39 is 10.0 Å². The van der Waals surface area contributed by atoms with Crippen molar-refractivity contribution in [2.45, 2.75) is 20.4 Å². The van der Waals surface area contributed by atoms with Crippen molar-refractivity contribution in [3.63, 3.8) is 0 Å². The van der Waals surface area contributed by atoms with Crippen LogP contribution in [0.2, 0.25) is 0 Å². The molecule has 1 amide bonds. The SMILES string of the molecule is CCN(Cc1ccccc1)C(=O)CN(c1cccc(C)c1)S(C)(=O)=O. The summed E-state index contributed by atoms with van der Waals surface area (Å²) in [5.41, 5.74) is 2.46. The Labute approximate surface area is 149 Å². The minimum atomic E-state index is -3.56. The molecule has 5 nitrogen and oxygen atoms in total. The van der Waals surface area contributed by atoms with Crippen molar-refractivity contribution in [2.24, 2.45) is 0 Å². The van der Waals surface area contributed by atoms with Gasteiger partial charge in [0.05, 0.1) is 11.9 Å². The van der Waals surface area contributed by atoms with Gasteiger partial charge in [-0.1, -0.05) is 42.5 Å². The highest BCUT2D eigenvalue weighted by molar-refractivity contribution is 7.92. The lowest BCUT2D eigenvalue weighted by molar-refractivity contribution is -0.129. The van der Waals surface area contributed by atoms with Crippen LogP contribution in [0.4, 0.5) is 5.69 Å². The van der Waals surface area contributed by atoms with E-state index in [0.717, 1.165) is 21.7 Å². The Bertz CT molecular complexity index is 820. The van der Waals surface area contributed by atoms with E-state index in [2.05, 4.69) is 0 Å². The maximum Gasteiger partial charge on any atom is 0.243 e. The Hall–Kier alpha value is -2.34. The van der Waals surface area contributed by atoms with Gasteiger partial charge in [-0.2, -0.15) is 0 Å². The fourth-order valence-corrected chi connectivity index (χ4v) is 3.43. The van der Waals surface area contributed by atoms with Crippen LogP contribution in [-0.4, -0.2) is 38.6 Å². The molecule has 0 N–H and O–H groups in total. The number of carbonyl (C=O) groups excluding carboxylic acids is 1. The predicted octanol–water partition coefficient (Wildman–Crippen LogP) is 2.81. The average molecular weight is 360 g/mol. The number of rotatable bonds is 7. The normalized spacial score (nSPS) is 11.2. The number of likely N-dealkylation sites (N-methyl/N-ethyl adjacent to an activating group) is 1. The molecule has 2 rings (SSSR count). The molecule has 0 aromatic heterocycles. The van der Waals surface area contributed by atoms with Crippen LogP contribution in [-0.2, 0) is 21.4 Å². The molecule has 0 bridgehead atoms. The van der Waals surface area contributed by atoms with Crippen LogP contribution in [0, 0.1) is 6.92 Å². The average Bonchev–Trinajstić information content (AvgIpc) is 2.57. The third-order valence-electron chi connectivity index (χ3n) is 3.92. The molecule has 0 unspecified atom stereocenters. The van der Waals surface area contributed by atoms with Crippen LogP contribution in [0.15, 0.2) is 54.6 Å². The van der Waals surface area contributed by atoms with E-state index in [1.54, 1.807) is 23.1 Å². The summed E-state index contributed by atoms with van der Waals surface area (Å²) < 4.78 is 25.6. The lowest BCUT2D eigenvalue weighted by Crippen LogP contribution is -2.42. The number of hydrogen-bond donors (Lipinski definition) is 0. The van der Waals surface area contributed by atoms with Gasteiger partial charge in [-0.25, -0.2) is 8.42 Å². The Kier molecular flexibility index (Phi) is 6.20. The monoisotopic (exact) mass is 360 g/mol. The second kappa shape index (κ2) is 8.16. The second-order valence-corrected chi connectivity index (χ2v) is 7.91. The van der Waals surface area contributed by atoms with Crippen molar-refractivity contribution in [2.75, 3.05) is 23.7 Å². The van der Waals surface area contributed by atoms with Crippen LogP contribution in [0.1, 0.15) is 18.1 Å². The largest absolute Gasteiger partial charge is 0.337 e. The quantitative estimate of drug-likeness (QED) is 0.763. The topological polar surface area (TPSA) is 57.7 Å². The Morgan fingerprint density at radius 1 is 1.04 bits per heavy atom. The number of sulfonamides is 1. The molecule has 0 heterocycles. The third kappa shape index (κ3) is 5.32. The zero-order valence-corrected chi connectivity index (χ0v) is 15.7. The maximum atomic E-state index is 12.7. The fourth-order valence-electron chi connectivity index (χ4n) is 2.59. The molecule has 0 radical (unpaired) electrons. The van der Waals surface area contributed by atoms with E-state index in [1.165, 1.54) is 0 Å². The number of nitrogens with zero attached hydrogens (tertiary/aromatic N) is 2. The smallest absolute Gasteiger partial charge is 0.243 e. The van der Waals surface area contributed by atoms with Crippen LogP contribution >= 0.6 is 0 Å². The first-order chi connectivity index (χ1) is 11.8. The van der Waals surface area contributed by atoms with Gasteiger partial charge in [-0.15, -0.1) is 0 Å². The van der Waals surface area contributed by atoms with E-state index in [9.17, 15) is 13.2 Å². The standard InChI is InChI=1S/C19H24N2O3S/c1-4-20(14-17-10-6-5-7-11-17)19(22)15-21(25(3,23)24)18-12-8-9-16(2)13-18/h5-13H,4,14-15H2,1-3H3. The van der Waals surface area contributed by atoms with Crippen LogP contribution < -0.4 is 4.31 Å². The van der Waals surface area contributed by atoms with Crippen molar-refractivity contribution < 1.29 is 13.2 Å². The van der Waals surface area contributed by atoms with Gasteiger partial charge < -0.3 is 4.90 Å². The maximum absolute atomic E-state index is 12.7. The molecule has 0 saturated heterocycles. The lowest BCUT2D eigenvalue weighted by Gasteiger charge is -2.27. The van der Waals surface area contributed by atoms with E-state index in [0.29, 0.717) is 18.8 Å². The van der Waals surface area contributed by atoms with Gasteiger partial charge in [-0.3, -0.25) is 9.10 Å². The first kappa shape index (κ1) is 19.0. The summed E-state index contributed by atoms with van der Waals surface area (Å²) >= 11 is 0. The highest BCUT2D eigenvalue weighted by atomic mass is 32.2. The van der Waals surface area contributed by atoms with Crippen LogP contribution in [0.25, 0.3) is 0 Å². The van der Waals surface area contributed by atoms with Crippen molar-refractivity contribution in [3.05, 3.63) is 65.7 Å². The second-order valence-electron chi connectivity index (χ2n) is 6.00. The molecule has 2 aromatic carbocycles. The van der Waals surface area contributed by atoms with Gasteiger partial charge in [0.2, 0.25) is 15.9 Å². The first-order valence-electron chi connectivity index (χ1n) is 8.17. The Morgan fingerprint density at radius 3 is 2.28 bits per heavy atom. The lowest BCUT2D eigenvalue weighted by atomic mass is 10.2. The van der Waals surface area contributed by atoms with Crippen molar-refractivity contribution >= 4 is 21.6 Å². The van der Waals surface area contributed by atoms with E-state index in [4.69, 9.17) is 0 Å². The molecule has 0 aliphatic heterocycles. The molecular weight excluding hydrogens is 336 g/mol. The molecule has 0 fully saturated rings. The molecule has 2 aromatic rings. The molecule has 0 saturated carbocycles. The molecule has 0 spiro atoms. The van der Waals surface area contributed by atoms with Gasteiger partial charge >= 0.3 is 0 Å². The molecule has 0 aliphatic rings. The molecular formula is C19H24N2O3S. The summed E-state index contributed by atoms with van der Waals surface area (Å²) in [6.45, 7) is 4.54. The summed E-state index contributed by atoms with van der Waals surface area (Å²) in [5.74, 6) is -0.224. The van der Waals surface area contributed by atoms with E-state index in [1.807, 2.05) is 50.2 Å². The number of anilines is 1. The molecule has 0 aliphatic carbocycles. The number of aryl methyl sites for hydroxylation is 1. The minimum absolute atomic E-state index is 0.205. The number of amides is 1.